The Labute approximate surface area is 109 Å². The lowest BCUT2D eigenvalue weighted by atomic mass is 10.5. The maximum atomic E-state index is 2.58. The van der Waals surface area contributed by atoms with Crippen LogP contribution in [-0.4, -0.2) is 32.6 Å². The second-order valence-corrected chi connectivity index (χ2v) is 10.6. The molecule has 0 bridgehead atoms. The molecule has 0 unspecified atom stereocenters. The van der Waals surface area contributed by atoms with E-state index < -0.39 is 8.07 Å². The highest BCUT2D eigenvalue weighted by Crippen LogP contribution is 2.31. The molecule has 0 spiro atoms. The number of nitrogens with zero attached hydrogens (tertiary/aromatic N) is 1. The molecule has 1 saturated heterocycles. The molecule has 0 aromatic rings. The first kappa shape index (κ1) is 15.0. The van der Waals surface area contributed by atoms with Gasteiger partial charge in [0.15, 0.2) is 0 Å². The fraction of sp³-hybridized carbons (Fsp3) is 0.867. The van der Waals surface area contributed by atoms with Crippen molar-refractivity contribution in [1.29, 1.82) is 0 Å². The highest BCUT2D eigenvalue weighted by molar-refractivity contribution is 6.80. The molecule has 17 heavy (non-hydrogen) atoms. The Morgan fingerprint density at radius 2 is 1.71 bits per heavy atom. The highest BCUT2D eigenvalue weighted by atomic mass is 28.3. The van der Waals surface area contributed by atoms with Crippen LogP contribution in [0.4, 0.5) is 0 Å². The highest BCUT2D eigenvalue weighted by Gasteiger charge is 2.29. The fourth-order valence-corrected chi connectivity index (χ4v) is 8.21. The molecule has 0 N–H and O–H groups in total. The monoisotopic (exact) mass is 253 g/mol. The van der Waals surface area contributed by atoms with Gasteiger partial charge in [-0.05, 0) is 25.9 Å². The van der Waals surface area contributed by atoms with Crippen LogP contribution in [0, 0.1) is 0 Å². The predicted octanol–water partition coefficient (Wildman–Crippen LogP) is 4.54. The van der Waals surface area contributed by atoms with Gasteiger partial charge in [0.2, 0.25) is 0 Å². The zero-order chi connectivity index (χ0) is 12.6. The van der Waals surface area contributed by atoms with Gasteiger partial charge in [-0.25, -0.2) is 0 Å². The Morgan fingerprint density at radius 3 is 2.18 bits per heavy atom. The molecule has 0 aromatic carbocycles. The van der Waals surface area contributed by atoms with Crippen molar-refractivity contribution in [3.8, 4) is 0 Å². The Morgan fingerprint density at radius 1 is 1.06 bits per heavy atom. The van der Waals surface area contributed by atoms with Gasteiger partial charge in [0.05, 0.1) is 8.07 Å². The molecule has 1 fully saturated rings. The third kappa shape index (κ3) is 5.87. The van der Waals surface area contributed by atoms with E-state index in [2.05, 4.69) is 37.8 Å². The molecule has 2 heteroatoms. The average molecular weight is 254 g/mol. The molecule has 1 aliphatic heterocycles. The third-order valence-electron chi connectivity index (χ3n) is 4.07. The lowest BCUT2D eigenvalue weighted by Gasteiger charge is -2.30. The van der Waals surface area contributed by atoms with Gasteiger partial charge in [0, 0.05) is 13.1 Å². The molecule has 1 aliphatic rings. The van der Waals surface area contributed by atoms with Crippen LogP contribution in [0.3, 0.4) is 0 Å². The summed E-state index contributed by atoms with van der Waals surface area (Å²) in [4.78, 5) is 2.58. The molecular formula is C15H31NSi. The molecule has 0 aromatic heterocycles. The van der Waals surface area contributed by atoms with Crippen molar-refractivity contribution in [2.75, 3.05) is 19.6 Å². The maximum absolute atomic E-state index is 2.58. The number of allylic oxidation sites excluding steroid dienone is 2. The van der Waals surface area contributed by atoms with Gasteiger partial charge in [0.25, 0.3) is 0 Å². The third-order valence-corrected chi connectivity index (χ3v) is 9.71. The van der Waals surface area contributed by atoms with Gasteiger partial charge in [-0.15, -0.1) is 0 Å². The normalized spacial score (nSPS) is 16.9. The van der Waals surface area contributed by atoms with Crippen molar-refractivity contribution >= 4 is 8.07 Å². The van der Waals surface area contributed by atoms with Crippen molar-refractivity contribution in [3.05, 3.63) is 12.2 Å². The molecule has 1 nitrogen and oxygen atoms in total. The zero-order valence-corrected chi connectivity index (χ0v) is 13.2. The molecule has 0 aliphatic carbocycles. The number of rotatable bonds is 10. The molecule has 0 radical (unpaired) electrons. The quantitative estimate of drug-likeness (QED) is 0.314. The maximum Gasteiger partial charge on any atom is 0.0573 e. The van der Waals surface area contributed by atoms with Crippen LogP contribution in [0.2, 0.25) is 24.2 Å². The van der Waals surface area contributed by atoms with E-state index >= 15 is 0 Å². The summed E-state index contributed by atoms with van der Waals surface area (Å²) in [6.45, 7) is 11.0. The summed E-state index contributed by atoms with van der Waals surface area (Å²) in [5.41, 5.74) is 0. The lowest BCUT2D eigenvalue weighted by Crippen LogP contribution is -2.33. The van der Waals surface area contributed by atoms with E-state index in [1.54, 1.807) is 18.1 Å². The van der Waals surface area contributed by atoms with Crippen molar-refractivity contribution < 1.29 is 0 Å². The lowest BCUT2D eigenvalue weighted by molar-refractivity contribution is 0.548. The van der Waals surface area contributed by atoms with Crippen LogP contribution in [0.15, 0.2) is 12.2 Å². The largest absolute Gasteiger partial charge is 0.301 e. The van der Waals surface area contributed by atoms with E-state index in [1.807, 2.05) is 0 Å². The Bertz CT molecular complexity index is 215. The van der Waals surface area contributed by atoms with Crippen LogP contribution in [0.5, 0.6) is 0 Å². The predicted molar refractivity (Wildman–Crippen MR) is 81.4 cm³/mol. The minimum atomic E-state index is -0.969. The molecule has 0 atom stereocenters. The number of hydrogen-bond acceptors (Lipinski definition) is 1. The Kier molecular flexibility index (Phi) is 7.13. The van der Waals surface area contributed by atoms with Crippen molar-refractivity contribution in [1.82, 2.24) is 4.90 Å². The summed E-state index contributed by atoms with van der Waals surface area (Å²) < 4.78 is 0. The minimum Gasteiger partial charge on any atom is -0.301 e. The second kappa shape index (κ2) is 8.10. The number of hydrogen-bond donors (Lipinski definition) is 0. The van der Waals surface area contributed by atoms with Crippen molar-refractivity contribution in [2.24, 2.45) is 0 Å². The first-order valence-electron chi connectivity index (χ1n) is 7.60. The van der Waals surface area contributed by atoms with Gasteiger partial charge in [-0.2, -0.15) is 0 Å². The molecule has 0 amide bonds. The average Bonchev–Trinajstić information content (AvgIpc) is 3.11. The summed E-state index contributed by atoms with van der Waals surface area (Å²) in [6.07, 6.45) is 8.97. The first-order valence-corrected chi connectivity index (χ1v) is 10.4. The van der Waals surface area contributed by atoms with Gasteiger partial charge < -0.3 is 4.90 Å². The van der Waals surface area contributed by atoms with Crippen molar-refractivity contribution in [3.63, 3.8) is 0 Å². The molecule has 0 saturated carbocycles. The van der Waals surface area contributed by atoms with Crippen LogP contribution >= 0.6 is 0 Å². The van der Waals surface area contributed by atoms with Gasteiger partial charge >= 0.3 is 0 Å². The second-order valence-electron chi connectivity index (χ2n) is 5.72. The van der Waals surface area contributed by atoms with E-state index in [-0.39, 0.29) is 0 Å². The zero-order valence-electron chi connectivity index (χ0n) is 12.2. The van der Waals surface area contributed by atoms with Crippen molar-refractivity contribution in [2.45, 2.75) is 64.2 Å². The van der Waals surface area contributed by atoms with E-state index in [0.717, 1.165) is 0 Å². The summed E-state index contributed by atoms with van der Waals surface area (Å²) in [7, 11) is -0.969. The van der Waals surface area contributed by atoms with Gasteiger partial charge in [-0.3, -0.25) is 0 Å². The Hall–Kier alpha value is -0.0831. The van der Waals surface area contributed by atoms with Crippen LogP contribution < -0.4 is 0 Å². The van der Waals surface area contributed by atoms with Crippen LogP contribution in [-0.2, 0) is 0 Å². The first-order chi connectivity index (χ1) is 8.26. The van der Waals surface area contributed by atoms with E-state index in [4.69, 9.17) is 0 Å². The minimum absolute atomic E-state index is 0.969. The topological polar surface area (TPSA) is 3.01 Å². The molecular weight excluding hydrogens is 222 g/mol. The van der Waals surface area contributed by atoms with Gasteiger partial charge in [0.1, 0.15) is 0 Å². The fourth-order valence-electron chi connectivity index (χ4n) is 3.08. The smallest absolute Gasteiger partial charge is 0.0573 e. The van der Waals surface area contributed by atoms with Crippen LogP contribution in [0.25, 0.3) is 0 Å². The molecule has 100 valence electrons. The standard InChI is InChI=1S/C15H31NSi/c1-4-7-14-17(12-5-2,13-6-3)15-8-9-16-10-11-16/h4,7H,5-6,8-15H2,1-3H3. The van der Waals surface area contributed by atoms with E-state index in [1.165, 1.54) is 44.9 Å². The molecule has 1 rings (SSSR count). The Balaban J connectivity index is 2.44. The summed E-state index contributed by atoms with van der Waals surface area (Å²) in [5, 5.41) is 0. The molecule has 1 heterocycles. The van der Waals surface area contributed by atoms with E-state index in [9.17, 15) is 0 Å². The van der Waals surface area contributed by atoms with Crippen LogP contribution in [0.1, 0.15) is 40.0 Å². The SMILES string of the molecule is CC=CC[Si](CCC)(CCC)CCCN1CC1. The summed E-state index contributed by atoms with van der Waals surface area (Å²) >= 11 is 0. The van der Waals surface area contributed by atoms with Gasteiger partial charge in [-0.1, -0.05) is 57.0 Å². The summed E-state index contributed by atoms with van der Waals surface area (Å²) in [6, 6.07) is 6.09. The summed E-state index contributed by atoms with van der Waals surface area (Å²) in [5.74, 6) is 0. The van der Waals surface area contributed by atoms with E-state index in [0.29, 0.717) is 0 Å².